The second kappa shape index (κ2) is 7.22. The summed E-state index contributed by atoms with van der Waals surface area (Å²) in [6, 6.07) is 5.24. The molecule has 0 aliphatic carbocycles. The number of amides is 2. The van der Waals surface area contributed by atoms with Crippen molar-refractivity contribution < 1.29 is 9.90 Å². The lowest BCUT2D eigenvalue weighted by molar-refractivity contribution is 0.142. The first-order valence-electron chi connectivity index (χ1n) is 7.52. The SMILES string of the molecule is CCCC(NC(=O)N(C)CC(C)O)c1nnc2ccccn12. The monoisotopic (exact) mass is 305 g/mol. The fraction of sp³-hybridized carbons (Fsp3) is 0.533. The van der Waals surface area contributed by atoms with Crippen molar-refractivity contribution in [1.82, 2.24) is 24.8 Å². The maximum atomic E-state index is 12.2. The van der Waals surface area contributed by atoms with Crippen LogP contribution < -0.4 is 5.32 Å². The molecule has 2 atom stereocenters. The predicted octanol–water partition coefficient (Wildman–Crippen LogP) is 1.59. The van der Waals surface area contributed by atoms with Gasteiger partial charge in [0.25, 0.3) is 0 Å². The Balaban J connectivity index is 2.18. The van der Waals surface area contributed by atoms with E-state index in [0.29, 0.717) is 0 Å². The Kier molecular flexibility index (Phi) is 5.32. The van der Waals surface area contributed by atoms with Crippen molar-refractivity contribution in [3.8, 4) is 0 Å². The molecule has 0 fully saturated rings. The number of fused-ring (bicyclic) bond motifs is 1. The number of carbonyl (C=O) groups excluding carboxylic acids is 1. The molecular weight excluding hydrogens is 282 g/mol. The standard InChI is InChI=1S/C15H23N5O2/c1-4-7-12(16-15(22)19(3)10-11(2)21)14-18-17-13-8-5-6-9-20(13)14/h5-6,8-9,11-12,21H,4,7,10H2,1-3H3,(H,16,22). The van der Waals surface area contributed by atoms with Crippen LogP contribution in [-0.2, 0) is 0 Å². The Bertz CT molecular complexity index is 625. The Morgan fingerprint density at radius 3 is 2.91 bits per heavy atom. The summed E-state index contributed by atoms with van der Waals surface area (Å²) in [7, 11) is 1.66. The fourth-order valence-electron chi connectivity index (χ4n) is 2.39. The molecule has 0 bridgehead atoms. The number of nitrogens with one attached hydrogen (secondary N) is 1. The van der Waals surface area contributed by atoms with E-state index < -0.39 is 6.10 Å². The van der Waals surface area contributed by atoms with E-state index in [0.717, 1.165) is 24.3 Å². The maximum absolute atomic E-state index is 12.2. The van der Waals surface area contributed by atoms with Crippen LogP contribution in [0, 0.1) is 0 Å². The summed E-state index contributed by atoms with van der Waals surface area (Å²) in [5.41, 5.74) is 0.755. The number of urea groups is 1. The molecular formula is C15H23N5O2. The van der Waals surface area contributed by atoms with Gasteiger partial charge >= 0.3 is 6.03 Å². The number of likely N-dealkylation sites (N-methyl/N-ethyl adjacent to an activating group) is 1. The summed E-state index contributed by atoms with van der Waals surface area (Å²) >= 11 is 0. The quantitative estimate of drug-likeness (QED) is 0.849. The van der Waals surface area contributed by atoms with E-state index in [1.807, 2.05) is 28.8 Å². The minimum absolute atomic E-state index is 0.216. The molecule has 2 amide bonds. The van der Waals surface area contributed by atoms with Gasteiger partial charge in [0, 0.05) is 19.8 Å². The Hall–Kier alpha value is -2.15. The van der Waals surface area contributed by atoms with Gasteiger partial charge in [-0.3, -0.25) is 4.40 Å². The third-order valence-corrected chi connectivity index (χ3v) is 3.41. The molecule has 2 N–H and O–H groups in total. The highest BCUT2D eigenvalue weighted by Gasteiger charge is 2.21. The van der Waals surface area contributed by atoms with Crippen molar-refractivity contribution in [2.45, 2.75) is 38.8 Å². The highest BCUT2D eigenvalue weighted by Crippen LogP contribution is 2.18. The summed E-state index contributed by atoms with van der Waals surface area (Å²) in [5.74, 6) is 0.719. The Morgan fingerprint density at radius 2 is 2.23 bits per heavy atom. The van der Waals surface area contributed by atoms with Crippen molar-refractivity contribution in [2.75, 3.05) is 13.6 Å². The number of aliphatic hydroxyl groups is 1. The summed E-state index contributed by atoms with van der Waals surface area (Å²) in [6.07, 6.45) is 3.00. The number of nitrogens with zero attached hydrogens (tertiary/aromatic N) is 4. The van der Waals surface area contributed by atoms with Crippen LogP contribution in [0.25, 0.3) is 5.65 Å². The van der Waals surface area contributed by atoms with Crippen LogP contribution in [-0.4, -0.2) is 50.3 Å². The average molecular weight is 305 g/mol. The van der Waals surface area contributed by atoms with E-state index in [1.165, 1.54) is 4.90 Å². The molecule has 0 spiro atoms. The molecule has 0 saturated carbocycles. The van der Waals surface area contributed by atoms with Crippen LogP contribution >= 0.6 is 0 Å². The van der Waals surface area contributed by atoms with Crippen LogP contribution in [0.3, 0.4) is 0 Å². The van der Waals surface area contributed by atoms with Gasteiger partial charge in [-0.25, -0.2) is 4.79 Å². The van der Waals surface area contributed by atoms with E-state index in [-0.39, 0.29) is 18.6 Å². The molecule has 0 saturated heterocycles. The predicted molar refractivity (Wildman–Crippen MR) is 83.5 cm³/mol. The lowest BCUT2D eigenvalue weighted by Gasteiger charge is -2.23. The number of pyridine rings is 1. The zero-order valence-corrected chi connectivity index (χ0v) is 13.2. The minimum Gasteiger partial charge on any atom is -0.392 e. The number of hydrogen-bond donors (Lipinski definition) is 2. The maximum Gasteiger partial charge on any atom is 0.317 e. The average Bonchev–Trinajstić information content (AvgIpc) is 2.89. The molecule has 2 heterocycles. The molecule has 2 aromatic heterocycles. The van der Waals surface area contributed by atoms with Gasteiger partial charge in [0.15, 0.2) is 11.5 Å². The molecule has 7 heteroatoms. The van der Waals surface area contributed by atoms with Crippen molar-refractivity contribution in [3.05, 3.63) is 30.2 Å². The first-order valence-corrected chi connectivity index (χ1v) is 7.52. The first-order chi connectivity index (χ1) is 10.5. The van der Waals surface area contributed by atoms with E-state index >= 15 is 0 Å². The molecule has 22 heavy (non-hydrogen) atoms. The van der Waals surface area contributed by atoms with Gasteiger partial charge in [0.2, 0.25) is 0 Å². The molecule has 0 aromatic carbocycles. The summed E-state index contributed by atoms with van der Waals surface area (Å²) < 4.78 is 1.88. The molecule has 2 rings (SSSR count). The highest BCUT2D eigenvalue weighted by molar-refractivity contribution is 5.74. The highest BCUT2D eigenvalue weighted by atomic mass is 16.3. The number of rotatable bonds is 6. The van der Waals surface area contributed by atoms with Crippen LogP contribution in [0.15, 0.2) is 24.4 Å². The lowest BCUT2D eigenvalue weighted by atomic mass is 10.1. The van der Waals surface area contributed by atoms with Crippen LogP contribution in [0.5, 0.6) is 0 Å². The third kappa shape index (κ3) is 3.73. The Morgan fingerprint density at radius 1 is 1.45 bits per heavy atom. The summed E-state index contributed by atoms with van der Waals surface area (Å²) in [6.45, 7) is 3.99. The van der Waals surface area contributed by atoms with Crippen molar-refractivity contribution in [3.63, 3.8) is 0 Å². The van der Waals surface area contributed by atoms with Gasteiger partial charge in [-0.2, -0.15) is 0 Å². The second-order valence-electron chi connectivity index (χ2n) is 5.51. The normalized spacial score (nSPS) is 13.8. The van der Waals surface area contributed by atoms with Crippen molar-refractivity contribution in [1.29, 1.82) is 0 Å². The second-order valence-corrected chi connectivity index (χ2v) is 5.51. The van der Waals surface area contributed by atoms with Gasteiger partial charge in [-0.15, -0.1) is 10.2 Å². The van der Waals surface area contributed by atoms with Crippen LogP contribution in [0.4, 0.5) is 4.79 Å². The fourth-order valence-corrected chi connectivity index (χ4v) is 2.39. The molecule has 120 valence electrons. The molecule has 0 aliphatic rings. The van der Waals surface area contributed by atoms with Crippen molar-refractivity contribution in [2.24, 2.45) is 0 Å². The van der Waals surface area contributed by atoms with E-state index in [1.54, 1.807) is 14.0 Å². The number of aliphatic hydroxyl groups excluding tert-OH is 1. The third-order valence-electron chi connectivity index (χ3n) is 3.41. The van der Waals surface area contributed by atoms with Gasteiger partial charge in [-0.1, -0.05) is 19.4 Å². The summed E-state index contributed by atoms with van der Waals surface area (Å²) in [4.78, 5) is 13.7. The lowest BCUT2D eigenvalue weighted by Crippen LogP contribution is -2.42. The topological polar surface area (TPSA) is 82.8 Å². The van der Waals surface area contributed by atoms with Crippen LogP contribution in [0.1, 0.15) is 38.6 Å². The molecule has 2 aromatic rings. The van der Waals surface area contributed by atoms with Gasteiger partial charge < -0.3 is 15.3 Å². The molecule has 7 nitrogen and oxygen atoms in total. The minimum atomic E-state index is -0.561. The summed E-state index contributed by atoms with van der Waals surface area (Å²) in [5, 5.41) is 20.7. The van der Waals surface area contributed by atoms with E-state index in [2.05, 4.69) is 22.4 Å². The number of hydrogen-bond acceptors (Lipinski definition) is 4. The number of carbonyl (C=O) groups is 1. The van der Waals surface area contributed by atoms with Crippen molar-refractivity contribution >= 4 is 11.7 Å². The smallest absolute Gasteiger partial charge is 0.317 e. The molecule has 2 unspecified atom stereocenters. The molecule has 0 aliphatic heterocycles. The van der Waals surface area contributed by atoms with E-state index in [4.69, 9.17) is 0 Å². The van der Waals surface area contributed by atoms with Gasteiger partial charge in [0.1, 0.15) is 0 Å². The van der Waals surface area contributed by atoms with Gasteiger partial charge in [0.05, 0.1) is 12.1 Å². The zero-order valence-electron chi connectivity index (χ0n) is 13.2. The largest absolute Gasteiger partial charge is 0.392 e. The zero-order chi connectivity index (χ0) is 16.1. The molecule has 0 radical (unpaired) electrons. The first kappa shape index (κ1) is 16.2. The Labute approximate surface area is 130 Å². The number of aromatic nitrogens is 3. The van der Waals surface area contributed by atoms with E-state index in [9.17, 15) is 9.90 Å². The van der Waals surface area contributed by atoms with Crippen LogP contribution in [0.2, 0.25) is 0 Å². The van der Waals surface area contributed by atoms with Gasteiger partial charge in [-0.05, 0) is 25.5 Å².